The van der Waals surface area contributed by atoms with Crippen molar-refractivity contribution in [3.8, 4) is 5.75 Å². The van der Waals surface area contributed by atoms with Crippen molar-refractivity contribution in [3.63, 3.8) is 0 Å². The highest BCUT2D eigenvalue weighted by Gasteiger charge is 2.19. The molecular formula is C20H16N2O8. The van der Waals surface area contributed by atoms with Crippen molar-refractivity contribution in [2.24, 2.45) is 0 Å². The van der Waals surface area contributed by atoms with Crippen LogP contribution in [0.15, 0.2) is 57.7 Å². The van der Waals surface area contributed by atoms with Gasteiger partial charge in [0.05, 0.1) is 23.0 Å². The normalized spacial score (nSPS) is 10.4. The first-order valence-corrected chi connectivity index (χ1v) is 8.80. The molecule has 0 bridgehead atoms. The molecule has 1 N–H and O–H groups in total. The van der Waals surface area contributed by atoms with E-state index in [4.69, 9.17) is 13.9 Å². The monoisotopic (exact) mass is 412 g/mol. The Morgan fingerprint density at radius 2 is 1.93 bits per heavy atom. The van der Waals surface area contributed by atoms with Crippen LogP contribution in [0.1, 0.15) is 17.5 Å². The molecule has 154 valence electrons. The molecule has 0 radical (unpaired) electrons. The summed E-state index contributed by atoms with van der Waals surface area (Å²) in [6, 6.07) is 11.3. The van der Waals surface area contributed by atoms with E-state index in [1.165, 1.54) is 24.3 Å². The summed E-state index contributed by atoms with van der Waals surface area (Å²) in [6.45, 7) is 1.32. The lowest BCUT2D eigenvalue weighted by molar-refractivity contribution is -0.384. The fourth-order valence-corrected chi connectivity index (χ4v) is 2.62. The van der Waals surface area contributed by atoms with Crippen molar-refractivity contribution in [2.75, 3.05) is 18.5 Å². The number of fused-ring (bicyclic) bond motifs is 1. The number of hydrogen-bond acceptors (Lipinski definition) is 8. The molecular weight excluding hydrogens is 396 g/mol. The number of benzene rings is 2. The highest BCUT2D eigenvalue weighted by Crippen LogP contribution is 2.29. The molecule has 0 unspecified atom stereocenters. The number of rotatable bonds is 7. The number of nitro benzene ring substituents is 1. The molecule has 0 saturated heterocycles. The van der Waals surface area contributed by atoms with E-state index in [9.17, 15) is 24.5 Å². The molecule has 3 rings (SSSR count). The standard InChI is InChI=1S/C20H16N2O8/c1-2-28-12-7-8-14(15(9-12)22(26)27)21-19(24)11-29-20(25)18-10-16(23)13-5-3-4-6-17(13)30-18/h3-10H,2,11H2,1H3,(H,21,24). The average Bonchev–Trinajstić information content (AvgIpc) is 2.73. The van der Waals surface area contributed by atoms with E-state index in [-0.39, 0.29) is 28.5 Å². The summed E-state index contributed by atoms with van der Waals surface area (Å²) in [5, 5.41) is 13.8. The van der Waals surface area contributed by atoms with E-state index >= 15 is 0 Å². The van der Waals surface area contributed by atoms with Crippen molar-refractivity contribution in [1.29, 1.82) is 0 Å². The number of anilines is 1. The van der Waals surface area contributed by atoms with Gasteiger partial charge in [-0.15, -0.1) is 0 Å². The zero-order valence-corrected chi connectivity index (χ0v) is 15.7. The summed E-state index contributed by atoms with van der Waals surface area (Å²) in [4.78, 5) is 46.8. The summed E-state index contributed by atoms with van der Waals surface area (Å²) in [5.74, 6) is -1.91. The van der Waals surface area contributed by atoms with E-state index in [1.807, 2.05) is 0 Å². The molecule has 1 amide bonds. The number of esters is 1. The maximum atomic E-state index is 12.1. The number of hydrogen-bond donors (Lipinski definition) is 1. The van der Waals surface area contributed by atoms with E-state index in [0.717, 1.165) is 6.07 Å². The smallest absolute Gasteiger partial charge is 0.374 e. The minimum atomic E-state index is -1.02. The Bertz CT molecular complexity index is 1180. The van der Waals surface area contributed by atoms with E-state index in [1.54, 1.807) is 25.1 Å². The van der Waals surface area contributed by atoms with Gasteiger partial charge < -0.3 is 19.2 Å². The highest BCUT2D eigenvalue weighted by molar-refractivity contribution is 5.96. The van der Waals surface area contributed by atoms with Crippen molar-refractivity contribution in [3.05, 3.63) is 74.6 Å². The van der Waals surface area contributed by atoms with Crippen LogP contribution in [0, 0.1) is 10.1 Å². The molecule has 0 aliphatic carbocycles. The van der Waals surface area contributed by atoms with Crippen LogP contribution in [-0.2, 0) is 9.53 Å². The van der Waals surface area contributed by atoms with Crippen LogP contribution in [0.25, 0.3) is 11.0 Å². The predicted molar refractivity (Wildman–Crippen MR) is 106 cm³/mol. The van der Waals surface area contributed by atoms with Crippen LogP contribution in [0.2, 0.25) is 0 Å². The molecule has 3 aromatic rings. The van der Waals surface area contributed by atoms with Crippen LogP contribution < -0.4 is 15.5 Å². The SMILES string of the molecule is CCOc1ccc(NC(=O)COC(=O)c2cc(=O)c3ccccc3o2)c([N+](=O)[O-])c1. The first-order chi connectivity index (χ1) is 14.4. The average molecular weight is 412 g/mol. The molecule has 0 atom stereocenters. The topological polar surface area (TPSA) is 138 Å². The van der Waals surface area contributed by atoms with Gasteiger partial charge in [-0.2, -0.15) is 0 Å². The fourth-order valence-electron chi connectivity index (χ4n) is 2.62. The van der Waals surface area contributed by atoms with E-state index in [2.05, 4.69) is 5.32 Å². The van der Waals surface area contributed by atoms with Gasteiger partial charge in [0.25, 0.3) is 11.6 Å². The Labute approximate surface area is 169 Å². The molecule has 0 saturated carbocycles. The predicted octanol–water partition coefficient (Wildman–Crippen LogP) is 2.90. The molecule has 0 aliphatic rings. The Hall–Kier alpha value is -4.21. The van der Waals surface area contributed by atoms with Gasteiger partial charge >= 0.3 is 5.97 Å². The van der Waals surface area contributed by atoms with Crippen molar-refractivity contribution in [1.82, 2.24) is 0 Å². The summed E-state index contributed by atoms with van der Waals surface area (Å²) in [5.41, 5.74) is -0.687. The van der Waals surface area contributed by atoms with Gasteiger partial charge in [0, 0.05) is 6.07 Å². The van der Waals surface area contributed by atoms with Crippen LogP contribution in [0.3, 0.4) is 0 Å². The molecule has 30 heavy (non-hydrogen) atoms. The van der Waals surface area contributed by atoms with Gasteiger partial charge in [0.2, 0.25) is 5.76 Å². The maximum Gasteiger partial charge on any atom is 0.374 e. The minimum absolute atomic E-state index is 0.0817. The first-order valence-electron chi connectivity index (χ1n) is 8.80. The van der Waals surface area contributed by atoms with Gasteiger partial charge in [-0.1, -0.05) is 12.1 Å². The first kappa shape index (κ1) is 20.5. The lowest BCUT2D eigenvalue weighted by atomic mass is 10.2. The zero-order chi connectivity index (χ0) is 21.7. The molecule has 1 heterocycles. The number of nitrogens with one attached hydrogen (secondary N) is 1. The lowest BCUT2D eigenvalue weighted by Crippen LogP contribution is -2.22. The van der Waals surface area contributed by atoms with E-state index < -0.39 is 28.8 Å². The minimum Gasteiger partial charge on any atom is -0.494 e. The molecule has 10 nitrogen and oxygen atoms in total. The number of nitrogens with zero attached hydrogens (tertiary/aromatic N) is 1. The Balaban J connectivity index is 1.68. The zero-order valence-electron chi connectivity index (χ0n) is 15.7. The number of carbonyl (C=O) groups is 2. The second-order valence-electron chi connectivity index (χ2n) is 5.96. The quantitative estimate of drug-likeness (QED) is 0.355. The van der Waals surface area contributed by atoms with E-state index in [0.29, 0.717) is 12.0 Å². The van der Waals surface area contributed by atoms with Crippen molar-refractivity contribution in [2.45, 2.75) is 6.92 Å². The summed E-state index contributed by atoms with van der Waals surface area (Å²) in [6.07, 6.45) is 0. The third-order valence-electron chi connectivity index (χ3n) is 3.92. The van der Waals surface area contributed by atoms with Crippen LogP contribution >= 0.6 is 0 Å². The van der Waals surface area contributed by atoms with Crippen molar-refractivity contribution >= 4 is 34.2 Å². The lowest BCUT2D eigenvalue weighted by Gasteiger charge is -2.09. The third-order valence-corrected chi connectivity index (χ3v) is 3.92. The molecule has 1 aromatic heterocycles. The largest absolute Gasteiger partial charge is 0.494 e. The number of para-hydroxylation sites is 1. The molecule has 2 aromatic carbocycles. The summed E-state index contributed by atoms with van der Waals surface area (Å²) >= 11 is 0. The van der Waals surface area contributed by atoms with Gasteiger partial charge in [-0.3, -0.25) is 19.7 Å². The van der Waals surface area contributed by atoms with Crippen molar-refractivity contribution < 1.29 is 28.4 Å². The van der Waals surface area contributed by atoms with Crippen LogP contribution in [0.5, 0.6) is 5.75 Å². The molecule has 0 aliphatic heterocycles. The second-order valence-corrected chi connectivity index (χ2v) is 5.96. The molecule has 0 fully saturated rings. The molecule has 10 heteroatoms. The number of carbonyl (C=O) groups excluding carboxylic acids is 2. The number of amides is 1. The van der Waals surface area contributed by atoms with Gasteiger partial charge in [0.15, 0.2) is 12.0 Å². The summed E-state index contributed by atoms with van der Waals surface area (Å²) in [7, 11) is 0. The third kappa shape index (κ3) is 4.61. The second kappa shape index (κ2) is 8.86. The molecule has 0 spiro atoms. The maximum absolute atomic E-state index is 12.1. The van der Waals surface area contributed by atoms with Crippen LogP contribution in [0.4, 0.5) is 11.4 Å². The van der Waals surface area contributed by atoms with Crippen LogP contribution in [-0.4, -0.2) is 30.0 Å². The van der Waals surface area contributed by atoms with Gasteiger partial charge in [-0.05, 0) is 31.2 Å². The van der Waals surface area contributed by atoms with Gasteiger partial charge in [-0.25, -0.2) is 4.79 Å². The summed E-state index contributed by atoms with van der Waals surface area (Å²) < 4.78 is 15.4. The Morgan fingerprint density at radius 1 is 1.17 bits per heavy atom. The highest BCUT2D eigenvalue weighted by atomic mass is 16.6. The Kier molecular flexibility index (Phi) is 6.06. The van der Waals surface area contributed by atoms with Gasteiger partial charge in [0.1, 0.15) is 17.0 Å². The number of nitro groups is 1. The fraction of sp³-hybridized carbons (Fsp3) is 0.150. The number of ether oxygens (including phenoxy) is 2. The Morgan fingerprint density at radius 3 is 2.67 bits per heavy atom.